The standard InChI is InChI=1S/C13H20N4O2/c1-18-11-7-12(19-2)17-13(16-11)15-10-5-8-3-4-9(6-10)14-8/h7-10,14H,3-6H2,1-2H3,(H,15,16,17). The van der Waals surface area contributed by atoms with Crippen molar-refractivity contribution in [3.8, 4) is 11.8 Å². The van der Waals surface area contributed by atoms with Crippen LogP contribution in [0.15, 0.2) is 6.07 Å². The summed E-state index contributed by atoms with van der Waals surface area (Å²) in [5.74, 6) is 1.63. The number of hydrogen-bond donors (Lipinski definition) is 2. The molecular weight excluding hydrogens is 244 g/mol. The Morgan fingerprint density at radius 1 is 1.11 bits per heavy atom. The molecule has 3 rings (SSSR count). The maximum atomic E-state index is 5.16. The number of nitrogens with zero attached hydrogens (tertiary/aromatic N) is 2. The Morgan fingerprint density at radius 2 is 1.68 bits per heavy atom. The van der Waals surface area contributed by atoms with E-state index in [0.29, 0.717) is 35.8 Å². The number of fused-ring (bicyclic) bond motifs is 2. The fourth-order valence-corrected chi connectivity index (χ4v) is 3.04. The third-order valence-corrected chi connectivity index (χ3v) is 3.90. The van der Waals surface area contributed by atoms with Crippen molar-refractivity contribution in [3.63, 3.8) is 0 Å². The van der Waals surface area contributed by atoms with Gasteiger partial charge in [0.05, 0.1) is 20.3 Å². The molecule has 0 amide bonds. The minimum atomic E-state index is 0.426. The smallest absolute Gasteiger partial charge is 0.229 e. The average molecular weight is 264 g/mol. The van der Waals surface area contributed by atoms with Crippen molar-refractivity contribution in [3.05, 3.63) is 6.07 Å². The summed E-state index contributed by atoms with van der Waals surface area (Å²) in [6.07, 6.45) is 4.81. The van der Waals surface area contributed by atoms with Crippen molar-refractivity contribution in [1.82, 2.24) is 15.3 Å². The summed E-state index contributed by atoms with van der Waals surface area (Å²) in [5, 5.41) is 7.03. The first-order valence-corrected chi connectivity index (χ1v) is 6.76. The average Bonchev–Trinajstić information content (AvgIpc) is 2.77. The van der Waals surface area contributed by atoms with Gasteiger partial charge in [0.25, 0.3) is 0 Å². The van der Waals surface area contributed by atoms with E-state index in [1.165, 1.54) is 12.8 Å². The minimum absolute atomic E-state index is 0.426. The highest BCUT2D eigenvalue weighted by Crippen LogP contribution is 2.28. The lowest BCUT2D eigenvalue weighted by Gasteiger charge is -2.29. The molecule has 2 saturated heterocycles. The van der Waals surface area contributed by atoms with Gasteiger partial charge in [-0.1, -0.05) is 0 Å². The number of piperidine rings is 1. The Hall–Kier alpha value is -1.56. The van der Waals surface area contributed by atoms with E-state index < -0.39 is 0 Å². The lowest BCUT2D eigenvalue weighted by atomic mass is 10.0. The van der Waals surface area contributed by atoms with E-state index in [9.17, 15) is 0 Å². The van der Waals surface area contributed by atoms with Gasteiger partial charge in [0, 0.05) is 18.1 Å². The zero-order chi connectivity index (χ0) is 13.2. The van der Waals surface area contributed by atoms with Gasteiger partial charge in [-0.25, -0.2) is 0 Å². The summed E-state index contributed by atoms with van der Waals surface area (Å²) in [6, 6.07) is 3.39. The van der Waals surface area contributed by atoms with Gasteiger partial charge in [-0.2, -0.15) is 9.97 Å². The van der Waals surface area contributed by atoms with Crippen LogP contribution in [0.3, 0.4) is 0 Å². The highest BCUT2D eigenvalue weighted by atomic mass is 16.5. The van der Waals surface area contributed by atoms with Gasteiger partial charge in [0.1, 0.15) is 0 Å². The van der Waals surface area contributed by atoms with E-state index in [-0.39, 0.29) is 0 Å². The molecule has 19 heavy (non-hydrogen) atoms. The third-order valence-electron chi connectivity index (χ3n) is 3.90. The second-order valence-corrected chi connectivity index (χ2v) is 5.23. The number of methoxy groups -OCH3 is 2. The maximum absolute atomic E-state index is 5.16. The summed E-state index contributed by atoms with van der Waals surface area (Å²) in [6.45, 7) is 0. The van der Waals surface area contributed by atoms with Crippen LogP contribution in [-0.2, 0) is 0 Å². The summed E-state index contributed by atoms with van der Waals surface area (Å²) < 4.78 is 10.3. The minimum Gasteiger partial charge on any atom is -0.481 e. The molecule has 0 saturated carbocycles. The number of hydrogen-bond acceptors (Lipinski definition) is 6. The fraction of sp³-hybridized carbons (Fsp3) is 0.692. The van der Waals surface area contributed by atoms with E-state index in [1.807, 2.05) is 0 Å². The SMILES string of the molecule is COc1cc(OC)nc(NC2CC3CCC(C2)N3)n1. The van der Waals surface area contributed by atoms with Gasteiger partial charge in [-0.3, -0.25) is 0 Å². The lowest BCUT2D eigenvalue weighted by Crippen LogP contribution is -2.43. The summed E-state index contributed by atoms with van der Waals surface area (Å²) in [4.78, 5) is 8.64. The third kappa shape index (κ3) is 2.73. The topological polar surface area (TPSA) is 68.3 Å². The quantitative estimate of drug-likeness (QED) is 0.851. The van der Waals surface area contributed by atoms with Crippen molar-refractivity contribution >= 4 is 5.95 Å². The van der Waals surface area contributed by atoms with Crippen LogP contribution >= 0.6 is 0 Å². The number of anilines is 1. The van der Waals surface area contributed by atoms with Crippen LogP contribution in [0.25, 0.3) is 0 Å². The molecule has 3 heterocycles. The van der Waals surface area contributed by atoms with E-state index in [1.54, 1.807) is 20.3 Å². The number of rotatable bonds is 4. The Bertz CT molecular complexity index is 420. The second kappa shape index (κ2) is 5.21. The first-order valence-electron chi connectivity index (χ1n) is 6.76. The Labute approximate surface area is 112 Å². The molecule has 0 aliphatic carbocycles. The van der Waals surface area contributed by atoms with Crippen LogP contribution < -0.4 is 20.1 Å². The summed E-state index contributed by atoms with van der Waals surface area (Å²) in [5.41, 5.74) is 0. The maximum Gasteiger partial charge on any atom is 0.229 e. The Morgan fingerprint density at radius 3 is 2.21 bits per heavy atom. The highest BCUT2D eigenvalue weighted by molar-refractivity contribution is 5.35. The molecule has 104 valence electrons. The molecule has 1 aromatic rings. The van der Waals surface area contributed by atoms with Crippen molar-refractivity contribution in [2.24, 2.45) is 0 Å². The van der Waals surface area contributed by atoms with E-state index in [2.05, 4.69) is 20.6 Å². The van der Waals surface area contributed by atoms with Crippen LogP contribution in [0.5, 0.6) is 11.8 Å². The van der Waals surface area contributed by atoms with E-state index in [0.717, 1.165) is 12.8 Å². The van der Waals surface area contributed by atoms with Gasteiger partial charge in [0.15, 0.2) is 0 Å². The number of nitrogens with one attached hydrogen (secondary N) is 2. The predicted molar refractivity (Wildman–Crippen MR) is 71.7 cm³/mol. The molecule has 2 N–H and O–H groups in total. The zero-order valence-corrected chi connectivity index (χ0v) is 11.3. The van der Waals surface area contributed by atoms with Gasteiger partial charge < -0.3 is 20.1 Å². The summed E-state index contributed by atoms with van der Waals surface area (Å²) in [7, 11) is 3.19. The largest absolute Gasteiger partial charge is 0.481 e. The van der Waals surface area contributed by atoms with Crippen LogP contribution in [-0.4, -0.2) is 42.3 Å². The lowest BCUT2D eigenvalue weighted by molar-refractivity contribution is 0.365. The first kappa shape index (κ1) is 12.5. The molecule has 0 spiro atoms. The highest BCUT2D eigenvalue weighted by Gasteiger charge is 2.33. The number of ether oxygens (including phenoxy) is 2. The van der Waals surface area contributed by atoms with Gasteiger partial charge in [0.2, 0.25) is 17.7 Å². The van der Waals surface area contributed by atoms with Crippen LogP contribution in [0.4, 0.5) is 5.95 Å². The molecule has 2 atom stereocenters. The van der Waals surface area contributed by atoms with Crippen molar-refractivity contribution in [2.45, 2.75) is 43.8 Å². The molecule has 2 aliphatic rings. The molecule has 2 bridgehead atoms. The molecule has 0 aromatic carbocycles. The molecular formula is C13H20N4O2. The molecule has 1 aromatic heterocycles. The van der Waals surface area contributed by atoms with Gasteiger partial charge in [-0.15, -0.1) is 0 Å². The first-order chi connectivity index (χ1) is 9.26. The van der Waals surface area contributed by atoms with Crippen molar-refractivity contribution < 1.29 is 9.47 Å². The fourth-order valence-electron chi connectivity index (χ4n) is 3.04. The van der Waals surface area contributed by atoms with E-state index >= 15 is 0 Å². The van der Waals surface area contributed by atoms with Crippen LogP contribution in [0.2, 0.25) is 0 Å². The zero-order valence-electron chi connectivity index (χ0n) is 11.3. The Kier molecular flexibility index (Phi) is 3.42. The van der Waals surface area contributed by atoms with Gasteiger partial charge >= 0.3 is 0 Å². The van der Waals surface area contributed by atoms with E-state index in [4.69, 9.17) is 9.47 Å². The van der Waals surface area contributed by atoms with Crippen LogP contribution in [0.1, 0.15) is 25.7 Å². The predicted octanol–water partition coefficient (Wildman–Crippen LogP) is 1.19. The molecule has 2 fully saturated rings. The molecule has 2 unspecified atom stereocenters. The monoisotopic (exact) mass is 264 g/mol. The molecule has 2 aliphatic heterocycles. The Balaban J connectivity index is 1.72. The number of aromatic nitrogens is 2. The summed E-state index contributed by atoms with van der Waals surface area (Å²) >= 11 is 0. The molecule has 6 heteroatoms. The van der Waals surface area contributed by atoms with Crippen molar-refractivity contribution in [2.75, 3.05) is 19.5 Å². The normalized spacial score (nSPS) is 29.1. The molecule has 6 nitrogen and oxygen atoms in total. The van der Waals surface area contributed by atoms with Crippen molar-refractivity contribution in [1.29, 1.82) is 0 Å². The van der Waals surface area contributed by atoms with Gasteiger partial charge in [-0.05, 0) is 25.7 Å². The van der Waals surface area contributed by atoms with Crippen LogP contribution in [0, 0.1) is 0 Å². The second-order valence-electron chi connectivity index (χ2n) is 5.23. The molecule has 0 radical (unpaired) electrons.